The fourth-order valence-corrected chi connectivity index (χ4v) is 0. The number of halogens is 2. The predicted octanol–water partition coefficient (Wildman–Crippen LogP) is -0.0719. The summed E-state index contributed by atoms with van der Waals surface area (Å²) in [5.41, 5.74) is 4.03. The summed E-state index contributed by atoms with van der Waals surface area (Å²) in [7, 11) is 0. The number of hydrogen-bond acceptors (Lipinski definition) is 1. The Kier molecular flexibility index (Phi) is 28.7. The van der Waals surface area contributed by atoms with Crippen molar-refractivity contribution in [3.63, 3.8) is 0 Å². The maximum atomic E-state index is 8.78. The topological polar surface area (TPSA) is 63.3 Å². The second kappa shape index (κ2) is 8.92. The van der Waals surface area contributed by atoms with E-state index in [-0.39, 0.29) is 9.41 Å². The molecular formula is CH5F2NO2. The first-order chi connectivity index (χ1) is 1.73. The van der Waals surface area contributed by atoms with E-state index in [1.54, 1.807) is 0 Å². The summed E-state index contributed by atoms with van der Waals surface area (Å²) >= 11 is 0. The fraction of sp³-hybridized carbons (Fsp3) is 0. The van der Waals surface area contributed by atoms with Crippen LogP contribution >= 0.6 is 0 Å². The van der Waals surface area contributed by atoms with Gasteiger partial charge in [0, 0.05) is 0 Å². The van der Waals surface area contributed by atoms with Gasteiger partial charge in [-0.15, -0.1) is 0 Å². The predicted molar refractivity (Wildman–Crippen MR) is 17.2 cm³/mol. The molecule has 0 aromatic rings. The second-order valence-electron chi connectivity index (χ2n) is 0.338. The zero-order valence-electron chi connectivity index (χ0n) is 2.75. The van der Waals surface area contributed by atoms with Crippen molar-refractivity contribution in [2.75, 3.05) is 0 Å². The van der Waals surface area contributed by atoms with Gasteiger partial charge in [0.05, 0.1) is 0 Å². The van der Waals surface area contributed by atoms with Gasteiger partial charge >= 0.3 is 6.09 Å². The van der Waals surface area contributed by atoms with Crippen LogP contribution in [0.25, 0.3) is 0 Å². The van der Waals surface area contributed by atoms with Gasteiger partial charge in [-0.2, -0.15) is 0 Å². The zero-order valence-corrected chi connectivity index (χ0v) is 2.75. The van der Waals surface area contributed by atoms with E-state index in [2.05, 4.69) is 5.73 Å². The van der Waals surface area contributed by atoms with Crippen LogP contribution in [-0.2, 0) is 0 Å². The van der Waals surface area contributed by atoms with E-state index < -0.39 is 6.09 Å². The first-order valence-electron chi connectivity index (χ1n) is 0.716. The minimum absolute atomic E-state index is 0. The molecule has 0 spiro atoms. The van der Waals surface area contributed by atoms with Crippen LogP contribution in [0.15, 0.2) is 0 Å². The number of carbonyl (C=O) groups is 1. The van der Waals surface area contributed by atoms with Crippen LogP contribution in [0.2, 0.25) is 0 Å². The Hall–Kier alpha value is -0.870. The third kappa shape index (κ3) is 18.8. The molecule has 0 fully saturated rings. The quantitative estimate of drug-likeness (QED) is 0.448. The molecule has 0 aliphatic heterocycles. The summed E-state index contributed by atoms with van der Waals surface area (Å²) in [5.74, 6) is 0. The molecule has 0 aliphatic carbocycles. The van der Waals surface area contributed by atoms with Gasteiger partial charge in [-0.25, -0.2) is 4.79 Å². The highest BCUT2D eigenvalue weighted by molar-refractivity contribution is 5.61. The van der Waals surface area contributed by atoms with E-state index in [4.69, 9.17) is 9.90 Å². The summed E-state index contributed by atoms with van der Waals surface area (Å²) in [6.45, 7) is 0. The Morgan fingerprint density at radius 2 is 1.50 bits per heavy atom. The minimum atomic E-state index is -1.33. The lowest BCUT2D eigenvalue weighted by atomic mass is 11.3. The highest BCUT2D eigenvalue weighted by Gasteiger charge is 1.65. The Morgan fingerprint density at radius 1 is 1.50 bits per heavy atom. The maximum Gasteiger partial charge on any atom is 0.402 e. The monoisotopic (exact) mass is 101 g/mol. The third-order valence-electron chi connectivity index (χ3n) is 0. The largest absolute Gasteiger partial charge is 0.465 e. The molecule has 6 heavy (non-hydrogen) atoms. The van der Waals surface area contributed by atoms with Crippen LogP contribution in [0.5, 0.6) is 0 Å². The van der Waals surface area contributed by atoms with Crippen LogP contribution in [0.4, 0.5) is 14.2 Å². The van der Waals surface area contributed by atoms with Gasteiger partial charge in [-0.05, 0) is 0 Å². The molecule has 1 amide bonds. The van der Waals surface area contributed by atoms with Crippen molar-refractivity contribution in [3.05, 3.63) is 0 Å². The third-order valence-corrected chi connectivity index (χ3v) is 0. The summed E-state index contributed by atoms with van der Waals surface area (Å²) in [4.78, 5) is 8.78. The summed E-state index contributed by atoms with van der Waals surface area (Å²) in [6.07, 6.45) is -1.33. The Bertz CT molecular complexity index is 34.5. The number of nitrogens with two attached hydrogens (primary N) is 1. The van der Waals surface area contributed by atoms with Crippen LogP contribution in [0.3, 0.4) is 0 Å². The molecule has 5 heteroatoms. The van der Waals surface area contributed by atoms with Crippen LogP contribution < -0.4 is 5.73 Å². The van der Waals surface area contributed by atoms with Gasteiger partial charge < -0.3 is 10.8 Å². The molecule has 40 valence electrons. The van der Waals surface area contributed by atoms with Gasteiger partial charge in [0.2, 0.25) is 0 Å². The van der Waals surface area contributed by atoms with E-state index in [1.807, 2.05) is 0 Å². The van der Waals surface area contributed by atoms with Crippen LogP contribution in [-0.4, -0.2) is 11.2 Å². The molecule has 0 radical (unpaired) electrons. The van der Waals surface area contributed by atoms with Crippen molar-refractivity contribution < 1.29 is 19.3 Å². The van der Waals surface area contributed by atoms with E-state index >= 15 is 0 Å². The number of carboxylic acid groups (broad SMARTS) is 1. The van der Waals surface area contributed by atoms with E-state index in [1.165, 1.54) is 0 Å². The molecule has 0 aromatic heterocycles. The molecule has 0 aromatic carbocycles. The van der Waals surface area contributed by atoms with E-state index in [9.17, 15) is 0 Å². The van der Waals surface area contributed by atoms with Crippen molar-refractivity contribution in [1.82, 2.24) is 0 Å². The van der Waals surface area contributed by atoms with Crippen molar-refractivity contribution in [2.24, 2.45) is 5.73 Å². The maximum absolute atomic E-state index is 8.78. The average Bonchev–Trinajstić information content (AvgIpc) is 0.811. The summed E-state index contributed by atoms with van der Waals surface area (Å²) < 4.78 is 0. The highest BCUT2D eigenvalue weighted by atomic mass is 19.0. The molecule has 0 aliphatic rings. The van der Waals surface area contributed by atoms with Gasteiger partial charge in [-0.3, -0.25) is 9.41 Å². The Morgan fingerprint density at radius 3 is 1.50 bits per heavy atom. The van der Waals surface area contributed by atoms with Crippen molar-refractivity contribution in [1.29, 1.82) is 0 Å². The van der Waals surface area contributed by atoms with Crippen LogP contribution in [0, 0.1) is 0 Å². The number of rotatable bonds is 0. The van der Waals surface area contributed by atoms with Gasteiger partial charge in [-0.1, -0.05) is 0 Å². The lowest BCUT2D eigenvalue weighted by Gasteiger charge is -1.61. The normalized spacial score (nSPS) is 4.00. The Labute approximate surface area is 32.5 Å². The standard InChI is InChI=1S/CH3NO2.2FH/c2-1(3)4;;/h2H2,(H,3,4);2*1H. The van der Waals surface area contributed by atoms with Crippen molar-refractivity contribution >= 4 is 6.09 Å². The van der Waals surface area contributed by atoms with Crippen molar-refractivity contribution in [2.45, 2.75) is 0 Å². The molecule has 3 nitrogen and oxygen atoms in total. The molecule has 0 bridgehead atoms. The molecule has 0 rings (SSSR count). The molecule has 0 heterocycles. The zero-order chi connectivity index (χ0) is 3.58. The summed E-state index contributed by atoms with van der Waals surface area (Å²) in [6, 6.07) is 0. The number of hydrogen-bond donors (Lipinski definition) is 2. The van der Waals surface area contributed by atoms with Crippen molar-refractivity contribution in [3.8, 4) is 0 Å². The first-order valence-corrected chi connectivity index (χ1v) is 0.716. The highest BCUT2D eigenvalue weighted by Crippen LogP contribution is 1.34. The summed E-state index contributed by atoms with van der Waals surface area (Å²) in [5, 5.41) is 7.19. The molecule has 0 unspecified atom stereocenters. The average molecular weight is 101 g/mol. The van der Waals surface area contributed by atoms with Gasteiger partial charge in [0.15, 0.2) is 0 Å². The van der Waals surface area contributed by atoms with Gasteiger partial charge in [0.1, 0.15) is 0 Å². The molecule has 0 atom stereocenters. The fourth-order valence-electron chi connectivity index (χ4n) is 0. The lowest BCUT2D eigenvalue weighted by molar-refractivity contribution is 0.205. The smallest absolute Gasteiger partial charge is 0.402 e. The number of primary amides is 1. The molecule has 0 saturated heterocycles. The van der Waals surface area contributed by atoms with Crippen LogP contribution in [0.1, 0.15) is 0 Å². The second-order valence-corrected chi connectivity index (χ2v) is 0.338. The van der Waals surface area contributed by atoms with E-state index in [0.29, 0.717) is 0 Å². The van der Waals surface area contributed by atoms with E-state index in [0.717, 1.165) is 0 Å². The lowest BCUT2D eigenvalue weighted by Crippen LogP contribution is -2.03. The first kappa shape index (κ1) is 19.3. The minimum Gasteiger partial charge on any atom is -0.465 e. The molecule has 3 N–H and O–H groups in total. The SMILES string of the molecule is F.F.NC(=O)O. The molecular weight excluding hydrogens is 96.0 g/mol. The number of amides is 1. The van der Waals surface area contributed by atoms with Gasteiger partial charge in [0.25, 0.3) is 0 Å². The Balaban J connectivity index is -0.0000000450. The molecule has 0 saturated carbocycles.